The van der Waals surface area contributed by atoms with Crippen molar-refractivity contribution in [1.82, 2.24) is 9.80 Å². The van der Waals surface area contributed by atoms with Crippen molar-refractivity contribution in [1.29, 1.82) is 0 Å². The third-order valence-electron chi connectivity index (χ3n) is 4.66. The Hall–Kier alpha value is -1.34. The van der Waals surface area contributed by atoms with Gasteiger partial charge in [-0.3, -0.25) is 4.90 Å². The van der Waals surface area contributed by atoms with Crippen LogP contribution in [0, 0.1) is 23.3 Å². The molecule has 0 bridgehead atoms. The van der Waals surface area contributed by atoms with Gasteiger partial charge in [-0.25, -0.2) is 8.78 Å². The molecular formula is C17H24F4N2O. The monoisotopic (exact) mass is 348 g/mol. The van der Waals surface area contributed by atoms with Crippen LogP contribution in [0.4, 0.5) is 17.6 Å². The molecule has 1 saturated heterocycles. The van der Waals surface area contributed by atoms with E-state index in [9.17, 15) is 17.6 Å². The van der Waals surface area contributed by atoms with E-state index >= 15 is 0 Å². The average Bonchev–Trinajstić information content (AvgIpc) is 2.57. The first-order chi connectivity index (χ1) is 11.4. The van der Waals surface area contributed by atoms with E-state index in [1.165, 1.54) is 6.42 Å². The predicted molar refractivity (Wildman–Crippen MR) is 84.0 cm³/mol. The van der Waals surface area contributed by atoms with Crippen molar-refractivity contribution in [2.75, 3.05) is 33.8 Å². The van der Waals surface area contributed by atoms with Gasteiger partial charge in [-0.15, -0.1) is 0 Å². The maximum Gasteiger partial charge on any atom is 0.204 e. The van der Waals surface area contributed by atoms with E-state index in [-0.39, 0.29) is 6.54 Å². The number of rotatable bonds is 6. The number of methoxy groups -OCH3 is 1. The van der Waals surface area contributed by atoms with Crippen LogP contribution in [0.3, 0.4) is 0 Å². The summed E-state index contributed by atoms with van der Waals surface area (Å²) in [5.74, 6) is -6.82. The molecule has 1 unspecified atom stereocenters. The van der Waals surface area contributed by atoms with Crippen LogP contribution in [-0.2, 0) is 6.54 Å². The first kappa shape index (κ1) is 19.0. The van der Waals surface area contributed by atoms with Gasteiger partial charge in [-0.2, -0.15) is 8.78 Å². The van der Waals surface area contributed by atoms with Crippen molar-refractivity contribution in [2.45, 2.75) is 38.8 Å². The molecule has 1 aromatic rings. The number of ether oxygens (including phenoxy) is 1. The summed E-state index contributed by atoms with van der Waals surface area (Å²) in [5.41, 5.74) is -0.611. The van der Waals surface area contributed by atoms with E-state index in [4.69, 9.17) is 0 Å². The van der Waals surface area contributed by atoms with Gasteiger partial charge in [-0.1, -0.05) is 6.42 Å². The van der Waals surface area contributed by atoms with Gasteiger partial charge in [0.15, 0.2) is 17.4 Å². The minimum absolute atomic E-state index is 0.211. The molecule has 0 aromatic heterocycles. The lowest BCUT2D eigenvalue weighted by atomic mass is 10.0. The molecule has 7 heteroatoms. The minimum atomic E-state index is -1.50. The molecule has 2 rings (SSSR count). The van der Waals surface area contributed by atoms with Crippen LogP contribution in [0.5, 0.6) is 5.75 Å². The highest BCUT2D eigenvalue weighted by Gasteiger charge is 2.27. The fourth-order valence-corrected chi connectivity index (χ4v) is 3.11. The quantitative estimate of drug-likeness (QED) is 0.578. The summed E-state index contributed by atoms with van der Waals surface area (Å²) in [6.07, 6.45) is 3.50. The Morgan fingerprint density at radius 1 is 1.08 bits per heavy atom. The molecule has 24 heavy (non-hydrogen) atoms. The van der Waals surface area contributed by atoms with Crippen molar-refractivity contribution in [3.63, 3.8) is 0 Å². The van der Waals surface area contributed by atoms with Crippen LogP contribution in [0.1, 0.15) is 31.7 Å². The summed E-state index contributed by atoms with van der Waals surface area (Å²) >= 11 is 0. The molecule has 136 valence electrons. The normalized spacial score (nSPS) is 19.1. The Balaban J connectivity index is 2.05. The smallest absolute Gasteiger partial charge is 0.204 e. The Kier molecular flexibility index (Phi) is 6.46. The molecule has 1 aromatic carbocycles. The van der Waals surface area contributed by atoms with E-state index < -0.39 is 34.6 Å². The van der Waals surface area contributed by atoms with Crippen LogP contribution in [0.15, 0.2) is 0 Å². The number of likely N-dealkylation sites (N-methyl/N-ethyl adjacent to an activating group) is 1. The Bertz CT molecular complexity index is 553. The zero-order valence-electron chi connectivity index (χ0n) is 14.3. The van der Waals surface area contributed by atoms with Crippen molar-refractivity contribution < 1.29 is 22.3 Å². The van der Waals surface area contributed by atoms with Gasteiger partial charge in [0.2, 0.25) is 11.6 Å². The Morgan fingerprint density at radius 3 is 2.25 bits per heavy atom. The molecule has 1 atom stereocenters. The van der Waals surface area contributed by atoms with Gasteiger partial charge in [0.25, 0.3) is 0 Å². The van der Waals surface area contributed by atoms with Crippen molar-refractivity contribution in [3.05, 3.63) is 28.8 Å². The lowest BCUT2D eigenvalue weighted by Gasteiger charge is -2.34. The van der Waals surface area contributed by atoms with Crippen LogP contribution in [-0.4, -0.2) is 49.6 Å². The molecule has 0 radical (unpaired) electrons. The number of hydrogen-bond acceptors (Lipinski definition) is 3. The molecule has 1 heterocycles. The molecule has 0 spiro atoms. The van der Waals surface area contributed by atoms with Crippen LogP contribution in [0.25, 0.3) is 0 Å². The highest BCUT2D eigenvalue weighted by molar-refractivity contribution is 5.34. The van der Waals surface area contributed by atoms with Gasteiger partial charge in [0.05, 0.1) is 7.11 Å². The van der Waals surface area contributed by atoms with Crippen molar-refractivity contribution in [3.8, 4) is 5.75 Å². The molecule has 1 aliphatic heterocycles. The largest absolute Gasteiger partial charge is 0.491 e. The van der Waals surface area contributed by atoms with Gasteiger partial charge >= 0.3 is 0 Å². The van der Waals surface area contributed by atoms with E-state index in [2.05, 4.69) is 16.6 Å². The topological polar surface area (TPSA) is 15.7 Å². The second kappa shape index (κ2) is 8.16. The fraction of sp³-hybridized carbons (Fsp3) is 0.647. The molecule has 3 nitrogen and oxygen atoms in total. The number of piperidine rings is 1. The SMILES string of the molecule is COc1c(F)c(F)c(CN(C)CCN2CCCCC2C)c(F)c1F. The van der Waals surface area contributed by atoms with Crippen LogP contribution < -0.4 is 4.74 Å². The predicted octanol–water partition coefficient (Wildman–Crippen LogP) is 3.56. The number of nitrogens with zero attached hydrogens (tertiary/aromatic N) is 2. The Labute approximate surface area is 140 Å². The number of likely N-dealkylation sites (tertiary alicyclic amines) is 1. The lowest BCUT2D eigenvalue weighted by Crippen LogP contribution is -2.41. The molecule has 0 amide bonds. The van der Waals surface area contributed by atoms with Crippen LogP contribution >= 0.6 is 0 Å². The van der Waals surface area contributed by atoms with Gasteiger partial charge in [-0.05, 0) is 33.4 Å². The number of benzene rings is 1. The van der Waals surface area contributed by atoms with Gasteiger partial charge < -0.3 is 9.64 Å². The van der Waals surface area contributed by atoms with Gasteiger partial charge in [0, 0.05) is 31.2 Å². The summed E-state index contributed by atoms with van der Waals surface area (Å²) in [5, 5.41) is 0. The van der Waals surface area contributed by atoms with E-state index in [0.717, 1.165) is 33.0 Å². The van der Waals surface area contributed by atoms with Crippen molar-refractivity contribution in [2.24, 2.45) is 0 Å². The summed E-state index contributed by atoms with van der Waals surface area (Å²) in [7, 11) is 2.64. The molecule has 1 aliphatic rings. The molecule has 0 N–H and O–H groups in total. The lowest BCUT2D eigenvalue weighted by molar-refractivity contribution is 0.140. The number of halogens is 4. The summed E-state index contributed by atoms with van der Waals surface area (Å²) < 4.78 is 59.9. The maximum absolute atomic E-state index is 14.0. The third-order valence-corrected chi connectivity index (χ3v) is 4.66. The molecule has 1 fully saturated rings. The first-order valence-corrected chi connectivity index (χ1v) is 8.18. The molecule has 0 aliphatic carbocycles. The fourth-order valence-electron chi connectivity index (χ4n) is 3.11. The number of hydrogen-bond donors (Lipinski definition) is 0. The zero-order chi connectivity index (χ0) is 17.9. The van der Waals surface area contributed by atoms with E-state index in [0.29, 0.717) is 12.6 Å². The minimum Gasteiger partial charge on any atom is -0.491 e. The van der Waals surface area contributed by atoms with E-state index in [1.54, 1.807) is 11.9 Å². The summed E-state index contributed by atoms with van der Waals surface area (Å²) in [6.45, 7) is 4.26. The molecular weight excluding hydrogens is 324 g/mol. The zero-order valence-corrected chi connectivity index (χ0v) is 14.3. The van der Waals surface area contributed by atoms with Crippen molar-refractivity contribution >= 4 is 0 Å². The Morgan fingerprint density at radius 2 is 1.71 bits per heavy atom. The van der Waals surface area contributed by atoms with Gasteiger partial charge in [0.1, 0.15) is 0 Å². The standard InChI is InChI=1S/C17H24F4N2O/c1-11-6-4-5-7-23(11)9-8-22(2)10-12-13(18)15(20)17(24-3)16(21)14(12)19/h11H,4-10H2,1-3H3. The van der Waals surface area contributed by atoms with E-state index in [1.807, 2.05) is 0 Å². The second-order valence-corrected chi connectivity index (χ2v) is 6.39. The highest BCUT2D eigenvalue weighted by Crippen LogP contribution is 2.30. The summed E-state index contributed by atoms with van der Waals surface area (Å²) in [6, 6.07) is 0.483. The third kappa shape index (κ3) is 4.00. The maximum atomic E-state index is 14.0. The molecule has 0 saturated carbocycles. The van der Waals surface area contributed by atoms with Crippen LogP contribution in [0.2, 0.25) is 0 Å². The average molecular weight is 348 g/mol. The summed E-state index contributed by atoms with van der Waals surface area (Å²) in [4.78, 5) is 3.98. The first-order valence-electron chi connectivity index (χ1n) is 8.18. The second-order valence-electron chi connectivity index (χ2n) is 6.39. The highest BCUT2D eigenvalue weighted by atomic mass is 19.2.